The molecule has 1 atom stereocenters. The van der Waals surface area contributed by atoms with Gasteiger partial charge in [0, 0.05) is 0 Å². The van der Waals surface area contributed by atoms with Crippen molar-refractivity contribution >= 4 is 11.9 Å². The van der Waals surface area contributed by atoms with Gasteiger partial charge in [-0.2, -0.15) is 0 Å². The van der Waals surface area contributed by atoms with Crippen LogP contribution in [0.1, 0.15) is 13.3 Å². The van der Waals surface area contributed by atoms with Gasteiger partial charge >= 0.3 is 74.9 Å². The average molecular weight is 379 g/mol. The molecular formula is C12H24CsNO4. The van der Waals surface area contributed by atoms with Crippen molar-refractivity contribution in [2.45, 2.75) is 13.3 Å². The molecule has 5 nitrogen and oxygen atoms in total. The van der Waals surface area contributed by atoms with Crippen molar-refractivity contribution in [2.75, 3.05) is 33.8 Å². The summed E-state index contributed by atoms with van der Waals surface area (Å²) in [5, 5.41) is 8.56. The Balaban J connectivity index is -0.00000112. The minimum absolute atomic E-state index is 0. The average Bonchev–Trinajstić information content (AvgIpc) is 2.14. The third-order valence-corrected chi connectivity index (χ3v) is 2.27. The van der Waals surface area contributed by atoms with Crippen LogP contribution in [0.4, 0.5) is 0 Å². The number of carboxylic acid groups (broad SMARTS) is 1. The van der Waals surface area contributed by atoms with Gasteiger partial charge in [-0.15, -0.1) is 0 Å². The molecule has 102 valence electrons. The van der Waals surface area contributed by atoms with Gasteiger partial charge in [-0.3, -0.25) is 9.59 Å². The second kappa shape index (κ2) is 11.8. The van der Waals surface area contributed by atoms with E-state index < -0.39 is 5.97 Å². The molecule has 0 heterocycles. The van der Waals surface area contributed by atoms with Crippen LogP contribution in [0.5, 0.6) is 0 Å². The molecule has 0 radical (unpaired) electrons. The molecule has 1 N–H and O–H groups in total. The molecule has 0 aromatic carbocycles. The molecule has 1 unspecified atom stereocenters. The number of likely N-dealkylation sites (N-methyl/N-ethyl adjacent to an activating group) is 1. The molecule has 0 spiro atoms. The van der Waals surface area contributed by atoms with Gasteiger partial charge in [0.2, 0.25) is 0 Å². The molecule has 0 bridgehead atoms. The number of carbonyl (C=O) groups is 2. The number of hydrogen-bond donors (Lipinski definition) is 1. The number of nitrogens with zero attached hydrogens (tertiary/aromatic N) is 1. The minimum Gasteiger partial charge on any atom is -0.481 e. The summed E-state index contributed by atoms with van der Waals surface area (Å²) < 4.78 is 5.50. The monoisotopic (exact) mass is 379 g/mol. The Hall–Kier alpha value is 0.952. The number of carbonyl (C=O) groups excluding carboxylic acids is 1. The molecule has 0 rings (SSSR count). The molecule has 6 heteroatoms. The van der Waals surface area contributed by atoms with Gasteiger partial charge in [0.1, 0.15) is 13.2 Å². The first kappa shape index (κ1) is 24.0. The van der Waals surface area contributed by atoms with E-state index in [0.29, 0.717) is 24.2 Å². The van der Waals surface area contributed by atoms with E-state index >= 15 is 0 Å². The standard InChI is InChI=1S/C11H21NO4.CH3.Cs/c1-9(2)11(15)16-8-7-12(3,4)6-5-10(13)14;;/h9H,1,5-8H2,2-4H3,(H,13,14);1H3;/q;-1;+1. The van der Waals surface area contributed by atoms with E-state index in [1.807, 2.05) is 14.1 Å². The SMILES string of the molecule is [CH2-]C(C)C(=O)OCC[N+](C)(C)CCC(=O)O.[CH3-].[Cs+]. The van der Waals surface area contributed by atoms with E-state index in [0.717, 1.165) is 0 Å². The van der Waals surface area contributed by atoms with Crippen LogP contribution in [0.25, 0.3) is 0 Å². The first-order chi connectivity index (χ1) is 7.24. The molecule has 0 fully saturated rings. The third kappa shape index (κ3) is 13.4. The van der Waals surface area contributed by atoms with Crippen molar-refractivity contribution in [1.29, 1.82) is 0 Å². The Morgan fingerprint density at radius 2 is 1.83 bits per heavy atom. The van der Waals surface area contributed by atoms with Crippen molar-refractivity contribution < 1.29 is 92.8 Å². The molecular weight excluding hydrogens is 355 g/mol. The number of carboxylic acids is 1. The van der Waals surface area contributed by atoms with E-state index in [1.54, 1.807) is 6.92 Å². The fourth-order valence-electron chi connectivity index (χ4n) is 1.05. The molecule has 0 aromatic rings. The number of aliphatic carboxylic acids is 1. The van der Waals surface area contributed by atoms with Gasteiger partial charge in [0.25, 0.3) is 5.97 Å². The first-order valence-electron chi connectivity index (χ1n) is 5.28. The Kier molecular flexibility index (Phi) is 15.7. The molecule has 0 aliphatic heterocycles. The number of rotatable bonds is 7. The largest absolute Gasteiger partial charge is 1.00 e. The van der Waals surface area contributed by atoms with Crippen LogP contribution in [0, 0.1) is 20.3 Å². The zero-order valence-electron chi connectivity index (χ0n) is 12.2. The summed E-state index contributed by atoms with van der Waals surface area (Å²) in [6, 6.07) is 0. The van der Waals surface area contributed by atoms with Crippen molar-refractivity contribution in [3.05, 3.63) is 14.4 Å². The maximum absolute atomic E-state index is 11.1. The van der Waals surface area contributed by atoms with Crippen molar-refractivity contribution in [2.24, 2.45) is 5.92 Å². The Morgan fingerprint density at radius 3 is 2.22 bits per heavy atom. The Bertz CT molecular complexity index is 254. The number of esters is 1. The summed E-state index contributed by atoms with van der Waals surface area (Å²) in [4.78, 5) is 21.5. The molecule has 0 aromatic heterocycles. The van der Waals surface area contributed by atoms with E-state index in [-0.39, 0.29) is 94.6 Å². The van der Waals surface area contributed by atoms with Crippen molar-refractivity contribution in [3.8, 4) is 0 Å². The molecule has 0 aliphatic rings. The summed E-state index contributed by atoms with van der Waals surface area (Å²) in [5.41, 5.74) is 0. The Morgan fingerprint density at radius 1 is 1.33 bits per heavy atom. The van der Waals surface area contributed by atoms with Crippen LogP contribution in [0.2, 0.25) is 0 Å². The fourth-order valence-corrected chi connectivity index (χ4v) is 1.05. The number of hydrogen-bond acceptors (Lipinski definition) is 3. The van der Waals surface area contributed by atoms with Gasteiger partial charge < -0.3 is 28.7 Å². The number of quaternary nitrogens is 1. The topological polar surface area (TPSA) is 63.6 Å². The van der Waals surface area contributed by atoms with Crippen LogP contribution in [0.15, 0.2) is 0 Å². The van der Waals surface area contributed by atoms with E-state index in [1.165, 1.54) is 0 Å². The first-order valence-corrected chi connectivity index (χ1v) is 5.28. The van der Waals surface area contributed by atoms with Gasteiger partial charge in [0.05, 0.1) is 27.1 Å². The minimum atomic E-state index is -0.811. The second-order valence-electron chi connectivity index (χ2n) is 4.60. The van der Waals surface area contributed by atoms with Gasteiger partial charge in [-0.25, -0.2) is 0 Å². The quantitative estimate of drug-likeness (QED) is 0.316. The normalized spacial score (nSPS) is 11.8. The van der Waals surface area contributed by atoms with E-state index in [2.05, 4.69) is 6.92 Å². The summed E-state index contributed by atoms with van der Waals surface area (Å²) in [7, 11) is 3.81. The van der Waals surface area contributed by atoms with Gasteiger partial charge in [-0.05, 0) is 0 Å². The summed E-state index contributed by atoms with van der Waals surface area (Å²) in [6.45, 7) is 6.65. The molecule has 0 saturated carbocycles. The van der Waals surface area contributed by atoms with Crippen LogP contribution in [-0.2, 0) is 14.3 Å². The third-order valence-electron chi connectivity index (χ3n) is 2.27. The zero-order chi connectivity index (χ0) is 12.8. The van der Waals surface area contributed by atoms with Crippen LogP contribution >= 0.6 is 0 Å². The van der Waals surface area contributed by atoms with E-state index in [4.69, 9.17) is 9.84 Å². The van der Waals surface area contributed by atoms with Crippen LogP contribution in [0.3, 0.4) is 0 Å². The van der Waals surface area contributed by atoms with Gasteiger partial charge in [-0.1, -0.05) is 12.8 Å². The fraction of sp³-hybridized carbons (Fsp3) is 0.667. The smallest absolute Gasteiger partial charge is 0.481 e. The summed E-state index contributed by atoms with van der Waals surface area (Å²) in [6.07, 6.45) is 0.118. The molecule has 0 aliphatic carbocycles. The zero-order valence-corrected chi connectivity index (χ0v) is 18.5. The maximum atomic E-state index is 11.1. The van der Waals surface area contributed by atoms with Crippen molar-refractivity contribution in [3.63, 3.8) is 0 Å². The van der Waals surface area contributed by atoms with E-state index in [9.17, 15) is 9.59 Å². The summed E-state index contributed by atoms with van der Waals surface area (Å²) >= 11 is 0. The molecule has 0 amide bonds. The number of ether oxygens (including phenoxy) is 1. The summed E-state index contributed by atoms with van der Waals surface area (Å²) in [5.74, 6) is -1.50. The Labute approximate surface area is 169 Å². The predicted octanol–water partition coefficient (Wildman–Crippen LogP) is -1.99. The maximum Gasteiger partial charge on any atom is 1.00 e. The predicted molar refractivity (Wildman–Crippen MR) is 66.0 cm³/mol. The molecule has 0 saturated heterocycles. The van der Waals surface area contributed by atoms with Crippen LogP contribution < -0.4 is 68.9 Å². The van der Waals surface area contributed by atoms with Crippen molar-refractivity contribution in [1.82, 2.24) is 0 Å². The van der Waals surface area contributed by atoms with Gasteiger partial charge in [0.15, 0.2) is 0 Å². The molecule has 18 heavy (non-hydrogen) atoms. The van der Waals surface area contributed by atoms with Crippen LogP contribution in [-0.4, -0.2) is 55.3 Å². The second-order valence-corrected chi connectivity index (χ2v) is 4.60.